The summed E-state index contributed by atoms with van der Waals surface area (Å²) in [7, 11) is 0. The third-order valence-corrected chi connectivity index (χ3v) is 7.33. The molecule has 6 nitrogen and oxygen atoms in total. The fraction of sp³-hybridized carbons (Fsp3) is 0.286. The first-order chi connectivity index (χ1) is 14.5. The zero-order valence-electron chi connectivity index (χ0n) is 16.4. The number of nitrogens with zero attached hydrogens (tertiary/aromatic N) is 3. The number of hydrogen-bond donors (Lipinski definition) is 1. The highest BCUT2D eigenvalue weighted by atomic mass is 35.5. The van der Waals surface area contributed by atoms with E-state index in [1.54, 1.807) is 40.5 Å². The van der Waals surface area contributed by atoms with Crippen LogP contribution in [0.1, 0.15) is 21.8 Å². The molecular formula is C21H21ClN4O2S2. The molecule has 1 aliphatic rings. The van der Waals surface area contributed by atoms with E-state index in [-0.39, 0.29) is 11.9 Å². The Bertz CT molecular complexity index is 1030. The third kappa shape index (κ3) is 4.66. The summed E-state index contributed by atoms with van der Waals surface area (Å²) in [6.45, 7) is 4.09. The number of aryl methyl sites for hydroxylation is 1. The molecule has 0 atom stereocenters. The first-order valence-electron chi connectivity index (χ1n) is 9.63. The number of nitrogens with one attached hydrogen (secondary N) is 1. The van der Waals surface area contributed by atoms with Gasteiger partial charge in [0.2, 0.25) is 0 Å². The second kappa shape index (κ2) is 9.16. The van der Waals surface area contributed by atoms with Crippen molar-refractivity contribution in [2.45, 2.75) is 13.3 Å². The molecule has 0 aliphatic carbocycles. The van der Waals surface area contributed by atoms with Crippen molar-refractivity contribution >= 4 is 51.9 Å². The van der Waals surface area contributed by atoms with Gasteiger partial charge in [-0.05, 0) is 49.1 Å². The number of thiazole rings is 1. The van der Waals surface area contributed by atoms with Crippen LogP contribution in [0.15, 0.2) is 41.8 Å². The molecule has 1 fully saturated rings. The maximum absolute atomic E-state index is 13.1. The Hall–Kier alpha value is -2.42. The molecule has 3 aromatic rings. The lowest BCUT2D eigenvalue weighted by molar-refractivity contribution is 0.0766. The molecule has 1 aromatic carbocycles. The molecule has 0 spiro atoms. The fourth-order valence-corrected chi connectivity index (χ4v) is 5.26. The van der Waals surface area contributed by atoms with Crippen molar-refractivity contribution in [3.05, 3.63) is 57.4 Å². The topological polar surface area (TPSA) is 65.5 Å². The van der Waals surface area contributed by atoms with Gasteiger partial charge in [-0.2, -0.15) is 0 Å². The van der Waals surface area contributed by atoms with Gasteiger partial charge in [0.25, 0.3) is 5.91 Å². The second-order valence-electron chi connectivity index (χ2n) is 6.98. The second-order valence-corrected chi connectivity index (χ2v) is 9.36. The van der Waals surface area contributed by atoms with Crippen molar-refractivity contribution in [2.75, 3.05) is 31.5 Å². The fourth-order valence-electron chi connectivity index (χ4n) is 3.30. The number of benzene rings is 1. The summed E-state index contributed by atoms with van der Waals surface area (Å²) in [5.74, 6) is -0.00670. The average Bonchev–Trinajstić information content (AvgIpc) is 3.33. The Morgan fingerprint density at radius 3 is 2.53 bits per heavy atom. The van der Waals surface area contributed by atoms with Crippen molar-refractivity contribution in [1.29, 1.82) is 0 Å². The number of rotatable bonds is 3. The van der Waals surface area contributed by atoms with E-state index in [4.69, 9.17) is 11.6 Å². The molecular weight excluding hydrogens is 440 g/mol. The van der Waals surface area contributed by atoms with Crippen molar-refractivity contribution in [1.82, 2.24) is 14.8 Å². The van der Waals surface area contributed by atoms with E-state index in [9.17, 15) is 9.59 Å². The Kier molecular flexibility index (Phi) is 6.36. The number of anilines is 1. The number of hydrogen-bond acceptors (Lipinski definition) is 5. The quantitative estimate of drug-likeness (QED) is 0.583. The van der Waals surface area contributed by atoms with E-state index >= 15 is 0 Å². The molecule has 0 radical (unpaired) electrons. The lowest BCUT2D eigenvalue weighted by Gasteiger charge is -2.22. The SMILES string of the molecule is Cc1nc(-c2cccs2)sc1C(=O)N1CCCN(C(=O)Nc2ccc(Cl)cc2)CC1. The van der Waals surface area contributed by atoms with E-state index in [0.717, 1.165) is 22.0 Å². The zero-order valence-corrected chi connectivity index (χ0v) is 18.8. The van der Waals surface area contributed by atoms with Crippen molar-refractivity contribution in [3.63, 3.8) is 0 Å². The van der Waals surface area contributed by atoms with Gasteiger partial charge in [0.15, 0.2) is 0 Å². The van der Waals surface area contributed by atoms with E-state index in [0.29, 0.717) is 41.8 Å². The molecule has 3 heterocycles. The predicted molar refractivity (Wildman–Crippen MR) is 123 cm³/mol. The minimum atomic E-state index is -0.166. The maximum atomic E-state index is 13.1. The summed E-state index contributed by atoms with van der Waals surface area (Å²) in [6.07, 6.45) is 0.732. The van der Waals surface area contributed by atoms with Gasteiger partial charge < -0.3 is 15.1 Å². The lowest BCUT2D eigenvalue weighted by Crippen LogP contribution is -2.39. The van der Waals surface area contributed by atoms with Gasteiger partial charge >= 0.3 is 6.03 Å². The van der Waals surface area contributed by atoms with E-state index in [1.165, 1.54) is 11.3 Å². The predicted octanol–water partition coefficient (Wildman–Crippen LogP) is 5.21. The summed E-state index contributed by atoms with van der Waals surface area (Å²) in [5.41, 5.74) is 1.46. The van der Waals surface area contributed by atoms with Crippen molar-refractivity contribution < 1.29 is 9.59 Å². The van der Waals surface area contributed by atoms with Crippen LogP contribution in [0.4, 0.5) is 10.5 Å². The molecule has 0 bridgehead atoms. The van der Waals surface area contributed by atoms with Gasteiger partial charge in [-0.1, -0.05) is 17.7 Å². The van der Waals surface area contributed by atoms with Crippen LogP contribution in [0, 0.1) is 6.92 Å². The molecule has 0 unspecified atom stereocenters. The Morgan fingerprint density at radius 2 is 1.80 bits per heavy atom. The van der Waals surface area contributed by atoms with E-state index in [2.05, 4.69) is 10.3 Å². The Labute approximate surface area is 188 Å². The Balaban J connectivity index is 1.39. The summed E-state index contributed by atoms with van der Waals surface area (Å²) in [5, 5.41) is 6.40. The van der Waals surface area contributed by atoms with Crippen LogP contribution in [0.3, 0.4) is 0 Å². The van der Waals surface area contributed by atoms with Crippen LogP contribution in [0.25, 0.3) is 9.88 Å². The maximum Gasteiger partial charge on any atom is 0.321 e. The zero-order chi connectivity index (χ0) is 21.1. The first kappa shape index (κ1) is 20.8. The molecule has 30 heavy (non-hydrogen) atoms. The molecule has 0 saturated carbocycles. The van der Waals surface area contributed by atoms with Crippen LogP contribution in [-0.2, 0) is 0 Å². The normalized spacial score (nSPS) is 14.5. The number of thiophene rings is 1. The van der Waals surface area contributed by atoms with Gasteiger partial charge in [0.05, 0.1) is 10.6 Å². The summed E-state index contributed by atoms with van der Waals surface area (Å²) < 4.78 is 0. The van der Waals surface area contributed by atoms with E-state index < -0.39 is 0 Å². The third-order valence-electron chi connectivity index (χ3n) is 4.89. The number of carbonyl (C=O) groups is 2. The number of urea groups is 1. The minimum Gasteiger partial charge on any atom is -0.336 e. The molecule has 156 valence electrons. The summed E-state index contributed by atoms with van der Waals surface area (Å²) in [4.78, 5) is 35.6. The standard InChI is InChI=1S/C21H21ClN4O2S2/c1-14-18(30-19(23-14)17-4-2-13-29-17)20(27)25-9-3-10-26(12-11-25)21(28)24-16-7-5-15(22)6-8-16/h2,4-8,13H,3,9-12H2,1H3,(H,24,28). The summed E-state index contributed by atoms with van der Waals surface area (Å²) >= 11 is 8.95. The van der Waals surface area contributed by atoms with Gasteiger partial charge in [0.1, 0.15) is 9.88 Å². The largest absolute Gasteiger partial charge is 0.336 e. The van der Waals surface area contributed by atoms with Crippen LogP contribution in [-0.4, -0.2) is 52.9 Å². The highest BCUT2D eigenvalue weighted by Gasteiger charge is 2.26. The smallest absolute Gasteiger partial charge is 0.321 e. The van der Waals surface area contributed by atoms with Gasteiger partial charge in [-0.3, -0.25) is 4.79 Å². The van der Waals surface area contributed by atoms with Crippen molar-refractivity contribution in [2.24, 2.45) is 0 Å². The minimum absolute atomic E-state index is 0.00670. The molecule has 3 amide bonds. The first-order valence-corrected chi connectivity index (χ1v) is 11.7. The van der Waals surface area contributed by atoms with E-state index in [1.807, 2.05) is 29.3 Å². The average molecular weight is 461 g/mol. The van der Waals surface area contributed by atoms with Crippen LogP contribution >= 0.6 is 34.3 Å². The molecule has 1 N–H and O–H groups in total. The number of aromatic nitrogens is 1. The number of amides is 3. The van der Waals surface area contributed by atoms with Crippen LogP contribution in [0.2, 0.25) is 5.02 Å². The highest BCUT2D eigenvalue weighted by molar-refractivity contribution is 7.22. The van der Waals surface area contributed by atoms with Gasteiger partial charge in [-0.25, -0.2) is 9.78 Å². The Morgan fingerprint density at radius 1 is 1.07 bits per heavy atom. The van der Waals surface area contributed by atoms with Crippen LogP contribution in [0.5, 0.6) is 0 Å². The molecule has 1 aliphatic heterocycles. The molecule has 1 saturated heterocycles. The lowest BCUT2D eigenvalue weighted by atomic mass is 10.3. The molecule has 2 aromatic heterocycles. The number of carbonyl (C=O) groups excluding carboxylic acids is 2. The van der Waals surface area contributed by atoms with Crippen molar-refractivity contribution in [3.8, 4) is 9.88 Å². The van der Waals surface area contributed by atoms with Gasteiger partial charge in [0, 0.05) is 36.9 Å². The van der Waals surface area contributed by atoms with Gasteiger partial charge in [-0.15, -0.1) is 22.7 Å². The van der Waals surface area contributed by atoms with Crippen LogP contribution < -0.4 is 5.32 Å². The molecule has 4 rings (SSSR count). The molecule has 9 heteroatoms. The highest BCUT2D eigenvalue weighted by Crippen LogP contribution is 2.31. The monoisotopic (exact) mass is 460 g/mol. The summed E-state index contributed by atoms with van der Waals surface area (Å²) in [6, 6.07) is 10.8. The number of halogens is 1.